The molecule has 3 heteroatoms. The minimum Gasteiger partial charge on any atom is -0.322 e. The minimum atomic E-state index is -0.0884. The van der Waals surface area contributed by atoms with E-state index in [4.69, 9.17) is 0 Å². The SMILES string of the molecule is Cc1ccc(C(=O)Nc2ccc(Sc3ccc(C)c(C)c3)cc2)cc1. The van der Waals surface area contributed by atoms with E-state index in [1.54, 1.807) is 11.8 Å². The first-order chi connectivity index (χ1) is 12.0. The van der Waals surface area contributed by atoms with Gasteiger partial charge in [0.05, 0.1) is 0 Å². The second-order valence-corrected chi connectivity index (χ2v) is 7.34. The third kappa shape index (κ3) is 4.52. The third-order valence-corrected chi connectivity index (χ3v) is 5.14. The summed E-state index contributed by atoms with van der Waals surface area (Å²) in [4.78, 5) is 14.6. The van der Waals surface area contributed by atoms with E-state index in [0.717, 1.165) is 16.1 Å². The molecule has 126 valence electrons. The van der Waals surface area contributed by atoms with Crippen LogP contribution in [0.3, 0.4) is 0 Å². The van der Waals surface area contributed by atoms with E-state index in [-0.39, 0.29) is 5.91 Å². The zero-order valence-electron chi connectivity index (χ0n) is 14.7. The Morgan fingerprint density at radius 1 is 0.760 bits per heavy atom. The number of nitrogens with one attached hydrogen (secondary N) is 1. The molecule has 1 amide bonds. The van der Waals surface area contributed by atoms with Gasteiger partial charge in [-0.05, 0) is 80.4 Å². The summed E-state index contributed by atoms with van der Waals surface area (Å²) in [5, 5.41) is 2.94. The Balaban J connectivity index is 1.66. The molecule has 2 nitrogen and oxygen atoms in total. The highest BCUT2D eigenvalue weighted by molar-refractivity contribution is 7.99. The van der Waals surface area contributed by atoms with Crippen molar-refractivity contribution >= 4 is 23.4 Å². The second-order valence-electron chi connectivity index (χ2n) is 6.19. The highest BCUT2D eigenvalue weighted by atomic mass is 32.2. The average molecular weight is 347 g/mol. The summed E-state index contributed by atoms with van der Waals surface area (Å²) < 4.78 is 0. The molecule has 3 aromatic carbocycles. The van der Waals surface area contributed by atoms with Crippen molar-refractivity contribution in [3.8, 4) is 0 Å². The molecule has 0 aliphatic rings. The summed E-state index contributed by atoms with van der Waals surface area (Å²) in [6.45, 7) is 6.26. The van der Waals surface area contributed by atoms with Crippen LogP contribution < -0.4 is 5.32 Å². The zero-order chi connectivity index (χ0) is 17.8. The first-order valence-electron chi connectivity index (χ1n) is 8.24. The Kier molecular flexibility index (Phi) is 5.25. The van der Waals surface area contributed by atoms with E-state index < -0.39 is 0 Å². The molecule has 3 aromatic rings. The van der Waals surface area contributed by atoms with Gasteiger partial charge < -0.3 is 5.32 Å². The van der Waals surface area contributed by atoms with Crippen molar-refractivity contribution in [3.63, 3.8) is 0 Å². The lowest BCUT2D eigenvalue weighted by Gasteiger charge is -2.08. The maximum atomic E-state index is 12.3. The van der Waals surface area contributed by atoms with E-state index in [1.165, 1.54) is 16.0 Å². The lowest BCUT2D eigenvalue weighted by atomic mass is 10.1. The quantitative estimate of drug-likeness (QED) is 0.625. The van der Waals surface area contributed by atoms with Crippen molar-refractivity contribution in [3.05, 3.63) is 89.0 Å². The molecule has 0 aliphatic heterocycles. The molecule has 0 bridgehead atoms. The van der Waals surface area contributed by atoms with Gasteiger partial charge in [-0.2, -0.15) is 0 Å². The Labute approximate surface area is 153 Å². The standard InChI is InChI=1S/C22H21NOS/c1-15-4-7-18(8-5-15)22(24)23-19-9-12-20(13-10-19)25-21-11-6-16(2)17(3)14-21/h4-14H,1-3H3,(H,23,24). The highest BCUT2D eigenvalue weighted by Gasteiger charge is 2.06. The van der Waals surface area contributed by atoms with Crippen LogP contribution >= 0.6 is 11.8 Å². The normalized spacial score (nSPS) is 10.5. The number of benzene rings is 3. The van der Waals surface area contributed by atoms with E-state index in [2.05, 4.69) is 37.4 Å². The van der Waals surface area contributed by atoms with E-state index in [0.29, 0.717) is 5.56 Å². The van der Waals surface area contributed by atoms with Crippen molar-refractivity contribution in [2.24, 2.45) is 0 Å². The van der Waals surface area contributed by atoms with Gasteiger partial charge in [-0.3, -0.25) is 4.79 Å². The lowest BCUT2D eigenvalue weighted by molar-refractivity contribution is 0.102. The highest BCUT2D eigenvalue weighted by Crippen LogP contribution is 2.29. The number of amides is 1. The molecule has 0 aromatic heterocycles. The van der Waals surface area contributed by atoms with Crippen molar-refractivity contribution in [1.82, 2.24) is 0 Å². The van der Waals surface area contributed by atoms with Crippen LogP contribution in [-0.4, -0.2) is 5.91 Å². The number of hydrogen-bond donors (Lipinski definition) is 1. The molecule has 0 unspecified atom stereocenters. The molecule has 0 aliphatic carbocycles. The van der Waals surface area contributed by atoms with Gasteiger partial charge in [-0.1, -0.05) is 35.5 Å². The van der Waals surface area contributed by atoms with Gasteiger partial charge in [0.2, 0.25) is 0 Å². The Morgan fingerprint density at radius 3 is 2.04 bits per heavy atom. The van der Waals surface area contributed by atoms with Gasteiger partial charge >= 0.3 is 0 Å². The first kappa shape index (κ1) is 17.3. The van der Waals surface area contributed by atoms with Crippen LogP contribution in [0.4, 0.5) is 5.69 Å². The molecule has 1 N–H and O–H groups in total. The number of carbonyl (C=O) groups excluding carboxylic acids is 1. The fourth-order valence-corrected chi connectivity index (χ4v) is 3.34. The monoisotopic (exact) mass is 347 g/mol. The summed E-state index contributed by atoms with van der Waals surface area (Å²) in [5.74, 6) is -0.0884. The van der Waals surface area contributed by atoms with Gasteiger partial charge in [-0.25, -0.2) is 0 Å². The van der Waals surface area contributed by atoms with E-state index in [9.17, 15) is 4.79 Å². The molecule has 0 spiro atoms. The van der Waals surface area contributed by atoms with Gasteiger partial charge in [0, 0.05) is 21.0 Å². The maximum absolute atomic E-state index is 12.3. The van der Waals surface area contributed by atoms with Crippen molar-refractivity contribution in [2.75, 3.05) is 5.32 Å². The second kappa shape index (κ2) is 7.58. The van der Waals surface area contributed by atoms with Gasteiger partial charge in [0.15, 0.2) is 0 Å². The molecule has 0 atom stereocenters. The number of aryl methyl sites for hydroxylation is 3. The number of carbonyl (C=O) groups is 1. The Morgan fingerprint density at radius 2 is 1.40 bits per heavy atom. The van der Waals surface area contributed by atoms with Crippen LogP contribution in [0, 0.1) is 20.8 Å². The average Bonchev–Trinajstić information content (AvgIpc) is 2.60. The minimum absolute atomic E-state index is 0.0884. The molecular weight excluding hydrogens is 326 g/mol. The summed E-state index contributed by atoms with van der Waals surface area (Å²) >= 11 is 1.72. The summed E-state index contributed by atoms with van der Waals surface area (Å²) in [7, 11) is 0. The third-order valence-electron chi connectivity index (χ3n) is 4.14. The molecule has 0 fully saturated rings. The van der Waals surface area contributed by atoms with Crippen LogP contribution in [0.15, 0.2) is 76.5 Å². The molecular formula is C22H21NOS. The molecule has 0 heterocycles. The summed E-state index contributed by atoms with van der Waals surface area (Å²) in [6.07, 6.45) is 0. The van der Waals surface area contributed by atoms with Gasteiger partial charge in [0.1, 0.15) is 0 Å². The fraction of sp³-hybridized carbons (Fsp3) is 0.136. The number of rotatable bonds is 4. The lowest BCUT2D eigenvalue weighted by Crippen LogP contribution is -2.11. The zero-order valence-corrected chi connectivity index (χ0v) is 15.5. The molecule has 0 saturated carbocycles. The predicted octanol–water partition coefficient (Wildman–Crippen LogP) is 6.02. The number of anilines is 1. The number of hydrogen-bond acceptors (Lipinski definition) is 2. The van der Waals surface area contributed by atoms with Crippen molar-refractivity contribution in [2.45, 2.75) is 30.6 Å². The fourth-order valence-electron chi connectivity index (χ4n) is 2.43. The van der Waals surface area contributed by atoms with Crippen molar-refractivity contribution < 1.29 is 4.79 Å². The van der Waals surface area contributed by atoms with Crippen LogP contribution in [0.5, 0.6) is 0 Å². The Bertz CT molecular complexity index is 883. The van der Waals surface area contributed by atoms with Crippen LogP contribution in [0.1, 0.15) is 27.0 Å². The van der Waals surface area contributed by atoms with Crippen LogP contribution in [0.25, 0.3) is 0 Å². The van der Waals surface area contributed by atoms with Crippen LogP contribution in [0.2, 0.25) is 0 Å². The molecule has 0 radical (unpaired) electrons. The van der Waals surface area contributed by atoms with Gasteiger partial charge in [-0.15, -0.1) is 0 Å². The first-order valence-corrected chi connectivity index (χ1v) is 9.06. The van der Waals surface area contributed by atoms with E-state index >= 15 is 0 Å². The van der Waals surface area contributed by atoms with Crippen molar-refractivity contribution in [1.29, 1.82) is 0 Å². The van der Waals surface area contributed by atoms with E-state index in [1.807, 2.05) is 55.5 Å². The smallest absolute Gasteiger partial charge is 0.255 e. The van der Waals surface area contributed by atoms with Crippen LogP contribution in [-0.2, 0) is 0 Å². The largest absolute Gasteiger partial charge is 0.322 e. The topological polar surface area (TPSA) is 29.1 Å². The predicted molar refractivity (Wildman–Crippen MR) is 106 cm³/mol. The molecule has 0 saturated heterocycles. The van der Waals surface area contributed by atoms with Gasteiger partial charge in [0.25, 0.3) is 5.91 Å². The maximum Gasteiger partial charge on any atom is 0.255 e. The Hall–Kier alpha value is -2.52. The summed E-state index contributed by atoms with van der Waals surface area (Å²) in [6, 6.07) is 22.0. The molecule has 25 heavy (non-hydrogen) atoms. The molecule has 3 rings (SSSR count). The summed E-state index contributed by atoms with van der Waals surface area (Å²) in [5.41, 5.74) is 5.21.